The minimum Gasteiger partial charge on any atom is -0.298 e. The van der Waals surface area contributed by atoms with E-state index in [4.69, 9.17) is 5.26 Å². The first-order valence-electron chi connectivity index (χ1n) is 5.22. The van der Waals surface area contributed by atoms with Gasteiger partial charge in [-0.1, -0.05) is 27.7 Å². The lowest BCUT2D eigenvalue weighted by atomic mass is 9.95. The molecule has 0 aliphatic carbocycles. The van der Waals surface area contributed by atoms with E-state index < -0.39 is 0 Å². The van der Waals surface area contributed by atoms with Gasteiger partial charge in [0.05, 0.1) is 6.07 Å². The van der Waals surface area contributed by atoms with Crippen LogP contribution in [0.25, 0.3) is 0 Å². The molecule has 1 aromatic rings. The third-order valence-electron chi connectivity index (χ3n) is 2.19. The van der Waals surface area contributed by atoms with Crippen molar-refractivity contribution in [2.75, 3.05) is 6.54 Å². The van der Waals surface area contributed by atoms with Gasteiger partial charge in [0.1, 0.15) is 6.04 Å². The molecular formula is C12H18N2S. The van der Waals surface area contributed by atoms with Gasteiger partial charge in [0, 0.05) is 9.75 Å². The molecule has 1 atom stereocenters. The van der Waals surface area contributed by atoms with E-state index in [9.17, 15) is 0 Å². The van der Waals surface area contributed by atoms with Crippen molar-refractivity contribution in [3.8, 4) is 6.07 Å². The van der Waals surface area contributed by atoms with Gasteiger partial charge in [-0.2, -0.15) is 5.26 Å². The quantitative estimate of drug-likeness (QED) is 0.852. The molecule has 15 heavy (non-hydrogen) atoms. The molecular weight excluding hydrogens is 204 g/mol. The number of thiophene rings is 1. The first-order chi connectivity index (χ1) is 6.99. The van der Waals surface area contributed by atoms with Crippen LogP contribution in [-0.4, -0.2) is 6.54 Å². The lowest BCUT2D eigenvalue weighted by Crippen LogP contribution is -2.18. The second-order valence-corrected chi connectivity index (χ2v) is 5.69. The maximum absolute atomic E-state index is 9.02. The molecule has 0 aliphatic rings. The van der Waals surface area contributed by atoms with Gasteiger partial charge in [0.25, 0.3) is 0 Å². The molecule has 0 amide bonds. The van der Waals surface area contributed by atoms with Crippen LogP contribution in [0, 0.1) is 11.3 Å². The fourth-order valence-corrected chi connectivity index (χ4v) is 2.41. The van der Waals surface area contributed by atoms with Crippen molar-refractivity contribution in [1.82, 2.24) is 5.32 Å². The lowest BCUT2D eigenvalue weighted by molar-refractivity contribution is 0.604. The molecule has 1 unspecified atom stereocenters. The predicted octanol–water partition coefficient (Wildman–Crippen LogP) is 3.22. The van der Waals surface area contributed by atoms with Crippen LogP contribution in [0.3, 0.4) is 0 Å². The van der Waals surface area contributed by atoms with Crippen LogP contribution < -0.4 is 5.32 Å². The molecule has 0 saturated heterocycles. The normalized spacial score (nSPS) is 13.5. The fourth-order valence-electron chi connectivity index (χ4n) is 1.33. The summed E-state index contributed by atoms with van der Waals surface area (Å²) >= 11 is 1.73. The first-order valence-corrected chi connectivity index (χ1v) is 6.04. The summed E-state index contributed by atoms with van der Waals surface area (Å²) in [6.07, 6.45) is 0. The third kappa shape index (κ3) is 3.05. The third-order valence-corrected chi connectivity index (χ3v) is 3.76. The zero-order valence-corrected chi connectivity index (χ0v) is 10.6. The molecule has 0 spiro atoms. The highest BCUT2D eigenvalue weighted by Crippen LogP contribution is 2.32. The van der Waals surface area contributed by atoms with Gasteiger partial charge in [-0.3, -0.25) is 5.32 Å². The summed E-state index contributed by atoms with van der Waals surface area (Å²) in [6, 6.07) is 6.31. The highest BCUT2D eigenvalue weighted by molar-refractivity contribution is 7.12. The van der Waals surface area contributed by atoms with E-state index in [0.717, 1.165) is 11.4 Å². The molecule has 0 fully saturated rings. The largest absolute Gasteiger partial charge is 0.298 e. The second-order valence-electron chi connectivity index (χ2n) is 4.57. The van der Waals surface area contributed by atoms with Gasteiger partial charge in [0.2, 0.25) is 0 Å². The van der Waals surface area contributed by atoms with Crippen LogP contribution in [0.4, 0.5) is 0 Å². The summed E-state index contributed by atoms with van der Waals surface area (Å²) in [5.41, 5.74) is 0.176. The van der Waals surface area contributed by atoms with Crippen molar-refractivity contribution in [3.05, 3.63) is 21.9 Å². The monoisotopic (exact) mass is 222 g/mol. The Kier molecular flexibility index (Phi) is 3.90. The van der Waals surface area contributed by atoms with E-state index in [2.05, 4.69) is 44.3 Å². The van der Waals surface area contributed by atoms with Crippen LogP contribution in [0.1, 0.15) is 43.5 Å². The lowest BCUT2D eigenvalue weighted by Gasteiger charge is -2.15. The van der Waals surface area contributed by atoms with Crippen molar-refractivity contribution in [1.29, 1.82) is 5.26 Å². The molecule has 82 valence electrons. The highest BCUT2D eigenvalue weighted by Gasteiger charge is 2.18. The van der Waals surface area contributed by atoms with Crippen LogP contribution in [0.5, 0.6) is 0 Å². The maximum Gasteiger partial charge on any atom is 0.130 e. The van der Waals surface area contributed by atoms with Crippen LogP contribution >= 0.6 is 11.3 Å². The van der Waals surface area contributed by atoms with Crippen molar-refractivity contribution in [2.24, 2.45) is 0 Å². The van der Waals surface area contributed by atoms with E-state index in [1.54, 1.807) is 11.3 Å². The minimum absolute atomic E-state index is 0.156. The number of hydrogen-bond donors (Lipinski definition) is 1. The van der Waals surface area contributed by atoms with Crippen molar-refractivity contribution < 1.29 is 0 Å². The number of nitrogens with zero attached hydrogens (tertiary/aromatic N) is 1. The SMILES string of the molecule is CCNC(C#N)c1ccc(C(C)(C)C)s1. The van der Waals surface area contributed by atoms with E-state index in [1.165, 1.54) is 4.88 Å². The average molecular weight is 222 g/mol. The van der Waals surface area contributed by atoms with Gasteiger partial charge in [0.15, 0.2) is 0 Å². The smallest absolute Gasteiger partial charge is 0.130 e. The van der Waals surface area contributed by atoms with Crippen molar-refractivity contribution >= 4 is 11.3 Å². The van der Waals surface area contributed by atoms with E-state index in [-0.39, 0.29) is 11.5 Å². The van der Waals surface area contributed by atoms with Gasteiger partial charge in [-0.05, 0) is 24.1 Å². The van der Waals surface area contributed by atoms with Crippen LogP contribution in [0.2, 0.25) is 0 Å². The maximum atomic E-state index is 9.02. The Balaban J connectivity index is 2.88. The first kappa shape index (κ1) is 12.2. The topological polar surface area (TPSA) is 35.8 Å². The van der Waals surface area contributed by atoms with Crippen molar-refractivity contribution in [2.45, 2.75) is 39.2 Å². The van der Waals surface area contributed by atoms with Gasteiger partial charge >= 0.3 is 0 Å². The van der Waals surface area contributed by atoms with Gasteiger partial charge < -0.3 is 0 Å². The Morgan fingerprint density at radius 2 is 2.13 bits per heavy atom. The summed E-state index contributed by atoms with van der Waals surface area (Å²) in [5.74, 6) is 0. The average Bonchev–Trinajstić information content (AvgIpc) is 2.62. The molecule has 1 aromatic heterocycles. The number of nitriles is 1. The fraction of sp³-hybridized carbons (Fsp3) is 0.583. The standard InChI is InChI=1S/C12H18N2S/c1-5-14-9(8-13)10-6-7-11(15-10)12(2,3)4/h6-7,9,14H,5H2,1-4H3. The summed E-state index contributed by atoms with van der Waals surface area (Å²) in [7, 11) is 0. The van der Waals surface area contributed by atoms with Gasteiger partial charge in [-0.25, -0.2) is 0 Å². The molecule has 2 nitrogen and oxygen atoms in total. The summed E-state index contributed by atoms with van der Waals surface area (Å²) in [6.45, 7) is 9.41. The van der Waals surface area contributed by atoms with E-state index in [1.807, 2.05) is 6.92 Å². The predicted molar refractivity (Wildman–Crippen MR) is 65.0 cm³/mol. The molecule has 1 N–H and O–H groups in total. The Bertz CT molecular complexity index is 354. The Morgan fingerprint density at radius 3 is 2.53 bits per heavy atom. The number of nitrogens with one attached hydrogen (secondary N) is 1. The highest BCUT2D eigenvalue weighted by atomic mass is 32.1. The Hall–Kier alpha value is -0.850. The van der Waals surface area contributed by atoms with E-state index in [0.29, 0.717) is 0 Å². The number of rotatable bonds is 3. The minimum atomic E-state index is -0.156. The van der Waals surface area contributed by atoms with Gasteiger partial charge in [-0.15, -0.1) is 11.3 Å². The summed E-state index contributed by atoms with van der Waals surface area (Å²) in [4.78, 5) is 2.44. The molecule has 1 heterocycles. The molecule has 0 saturated carbocycles. The summed E-state index contributed by atoms with van der Waals surface area (Å²) in [5, 5.41) is 12.2. The molecule has 1 rings (SSSR count). The molecule has 0 bridgehead atoms. The zero-order valence-electron chi connectivity index (χ0n) is 9.79. The molecule has 0 aliphatic heterocycles. The Labute approximate surface area is 95.9 Å². The molecule has 0 radical (unpaired) electrons. The van der Waals surface area contributed by atoms with E-state index >= 15 is 0 Å². The molecule has 3 heteroatoms. The Morgan fingerprint density at radius 1 is 1.47 bits per heavy atom. The van der Waals surface area contributed by atoms with Crippen molar-refractivity contribution in [3.63, 3.8) is 0 Å². The van der Waals surface area contributed by atoms with Crippen LogP contribution in [0.15, 0.2) is 12.1 Å². The van der Waals surface area contributed by atoms with Crippen LogP contribution in [-0.2, 0) is 5.41 Å². The number of hydrogen-bond acceptors (Lipinski definition) is 3. The zero-order chi connectivity index (χ0) is 11.5. The summed E-state index contributed by atoms with van der Waals surface area (Å²) < 4.78 is 0. The molecule has 0 aromatic carbocycles. The second kappa shape index (κ2) is 4.78.